The zero-order chi connectivity index (χ0) is 15.5. The zero-order valence-electron chi connectivity index (χ0n) is 12.3. The highest BCUT2D eigenvalue weighted by molar-refractivity contribution is 5.25. The first-order valence-corrected chi connectivity index (χ1v) is 7.05. The van der Waals surface area contributed by atoms with E-state index in [0.717, 1.165) is 12.1 Å². The molecule has 1 heterocycles. The summed E-state index contributed by atoms with van der Waals surface area (Å²) in [7, 11) is 0. The molecule has 21 heavy (non-hydrogen) atoms. The van der Waals surface area contributed by atoms with Crippen LogP contribution in [0.2, 0.25) is 0 Å². The van der Waals surface area contributed by atoms with Gasteiger partial charge in [0.2, 0.25) is 0 Å². The fourth-order valence-corrected chi connectivity index (χ4v) is 2.70. The molecule has 0 aromatic heterocycles. The molecule has 0 bridgehead atoms. The van der Waals surface area contributed by atoms with Crippen LogP contribution in [0.1, 0.15) is 19.4 Å². The number of hydrogen-bond donors (Lipinski definition) is 1. The summed E-state index contributed by atoms with van der Waals surface area (Å²) in [6.45, 7) is 5.40. The van der Waals surface area contributed by atoms with Gasteiger partial charge in [0, 0.05) is 25.7 Å². The van der Waals surface area contributed by atoms with Gasteiger partial charge in [0.25, 0.3) is 0 Å². The highest BCUT2D eigenvalue weighted by Gasteiger charge is 2.36. The molecule has 1 aliphatic rings. The molecule has 1 saturated heterocycles. The van der Waals surface area contributed by atoms with E-state index >= 15 is 0 Å². The molecule has 2 rings (SSSR count). The first-order valence-electron chi connectivity index (χ1n) is 7.05. The number of rotatable bonds is 4. The van der Waals surface area contributed by atoms with Crippen molar-refractivity contribution in [2.75, 3.05) is 26.2 Å². The summed E-state index contributed by atoms with van der Waals surface area (Å²) >= 11 is 0. The van der Waals surface area contributed by atoms with E-state index in [-0.39, 0.29) is 24.7 Å². The van der Waals surface area contributed by atoms with Crippen molar-refractivity contribution >= 4 is 0 Å². The van der Waals surface area contributed by atoms with Crippen LogP contribution in [0.5, 0.6) is 0 Å². The van der Waals surface area contributed by atoms with Crippen molar-refractivity contribution in [2.24, 2.45) is 0 Å². The SMILES string of the molecule is CC1CNC(C)(c2ccccc2)CN1CCOC(F)(F)F. The number of piperazine rings is 1. The maximum absolute atomic E-state index is 12.1. The van der Waals surface area contributed by atoms with Gasteiger partial charge < -0.3 is 5.32 Å². The number of halogens is 3. The highest BCUT2D eigenvalue weighted by Crippen LogP contribution is 2.26. The Kier molecular flexibility index (Phi) is 4.91. The second kappa shape index (κ2) is 6.34. The fraction of sp³-hybridized carbons (Fsp3) is 0.600. The van der Waals surface area contributed by atoms with Gasteiger partial charge in [0.15, 0.2) is 0 Å². The molecule has 0 aliphatic carbocycles. The van der Waals surface area contributed by atoms with Crippen LogP contribution in [0.3, 0.4) is 0 Å². The van der Waals surface area contributed by atoms with Crippen molar-refractivity contribution in [3.05, 3.63) is 35.9 Å². The van der Waals surface area contributed by atoms with Crippen LogP contribution in [0, 0.1) is 0 Å². The quantitative estimate of drug-likeness (QED) is 0.925. The van der Waals surface area contributed by atoms with Gasteiger partial charge in [-0.3, -0.25) is 9.64 Å². The van der Waals surface area contributed by atoms with Crippen LogP contribution >= 0.6 is 0 Å². The third-order valence-corrected chi connectivity index (χ3v) is 3.99. The third-order valence-electron chi connectivity index (χ3n) is 3.99. The predicted octanol–water partition coefficient (Wildman–Crippen LogP) is 2.73. The predicted molar refractivity (Wildman–Crippen MR) is 74.8 cm³/mol. The molecule has 1 aliphatic heterocycles. The summed E-state index contributed by atoms with van der Waals surface area (Å²) in [4.78, 5) is 2.04. The minimum Gasteiger partial charge on any atom is -0.305 e. The van der Waals surface area contributed by atoms with Gasteiger partial charge in [0.05, 0.1) is 12.1 Å². The first-order chi connectivity index (χ1) is 9.80. The van der Waals surface area contributed by atoms with Crippen LogP contribution in [-0.4, -0.2) is 43.5 Å². The van der Waals surface area contributed by atoms with Crippen LogP contribution in [0.4, 0.5) is 13.2 Å². The Bertz CT molecular complexity index is 452. The standard InChI is InChI=1S/C15H21F3N2O/c1-12-10-19-14(2,13-6-4-3-5-7-13)11-20(12)8-9-21-15(16,17)18/h3-7,12,19H,8-11H2,1-2H3. The van der Waals surface area contributed by atoms with Gasteiger partial charge >= 0.3 is 6.36 Å². The summed E-state index contributed by atoms with van der Waals surface area (Å²) in [6, 6.07) is 10.1. The minimum absolute atomic E-state index is 0.179. The summed E-state index contributed by atoms with van der Waals surface area (Å²) in [5.41, 5.74) is 0.880. The number of nitrogens with zero attached hydrogens (tertiary/aromatic N) is 1. The van der Waals surface area contributed by atoms with Gasteiger partial charge in [-0.25, -0.2) is 0 Å². The second-order valence-corrected chi connectivity index (χ2v) is 5.69. The first kappa shape index (κ1) is 16.3. The van der Waals surface area contributed by atoms with E-state index in [1.165, 1.54) is 0 Å². The molecule has 2 atom stereocenters. The number of benzene rings is 1. The van der Waals surface area contributed by atoms with Crippen molar-refractivity contribution in [3.8, 4) is 0 Å². The van der Waals surface area contributed by atoms with E-state index in [1.54, 1.807) is 0 Å². The molecule has 0 saturated carbocycles. The Hall–Kier alpha value is -1.11. The maximum atomic E-state index is 12.1. The van der Waals surface area contributed by atoms with E-state index in [4.69, 9.17) is 0 Å². The molecule has 1 aromatic carbocycles. The largest absolute Gasteiger partial charge is 0.522 e. The molecular formula is C15H21F3N2O. The Labute approximate surface area is 123 Å². The van der Waals surface area contributed by atoms with E-state index in [2.05, 4.69) is 17.0 Å². The second-order valence-electron chi connectivity index (χ2n) is 5.69. The van der Waals surface area contributed by atoms with E-state index in [1.807, 2.05) is 42.2 Å². The van der Waals surface area contributed by atoms with Crippen LogP contribution in [0.25, 0.3) is 0 Å². The lowest BCUT2D eigenvalue weighted by Gasteiger charge is -2.45. The molecule has 0 spiro atoms. The number of nitrogens with one attached hydrogen (secondary N) is 1. The number of alkyl halides is 3. The fourth-order valence-electron chi connectivity index (χ4n) is 2.70. The van der Waals surface area contributed by atoms with Gasteiger partial charge in [-0.15, -0.1) is 13.2 Å². The Morgan fingerprint density at radius 1 is 1.33 bits per heavy atom. The number of hydrogen-bond acceptors (Lipinski definition) is 3. The number of ether oxygens (including phenoxy) is 1. The van der Waals surface area contributed by atoms with Crippen LogP contribution in [0.15, 0.2) is 30.3 Å². The summed E-state index contributed by atoms with van der Waals surface area (Å²) in [5.74, 6) is 0. The molecule has 6 heteroatoms. The van der Waals surface area contributed by atoms with Crippen LogP contribution < -0.4 is 5.32 Å². The Morgan fingerprint density at radius 2 is 2.00 bits per heavy atom. The smallest absolute Gasteiger partial charge is 0.305 e. The molecule has 3 nitrogen and oxygen atoms in total. The van der Waals surface area contributed by atoms with Gasteiger partial charge in [-0.1, -0.05) is 30.3 Å². The molecule has 0 radical (unpaired) electrons. The van der Waals surface area contributed by atoms with E-state index in [9.17, 15) is 13.2 Å². The lowest BCUT2D eigenvalue weighted by molar-refractivity contribution is -0.325. The Morgan fingerprint density at radius 3 is 2.62 bits per heavy atom. The van der Waals surface area contributed by atoms with Gasteiger partial charge in [-0.2, -0.15) is 0 Å². The van der Waals surface area contributed by atoms with Gasteiger partial charge in [0.1, 0.15) is 0 Å². The average Bonchev–Trinajstić information content (AvgIpc) is 2.43. The molecule has 1 fully saturated rings. The summed E-state index contributed by atoms with van der Waals surface area (Å²) in [6.07, 6.45) is -4.56. The lowest BCUT2D eigenvalue weighted by atomic mass is 9.88. The van der Waals surface area contributed by atoms with Crippen molar-refractivity contribution in [2.45, 2.75) is 31.8 Å². The van der Waals surface area contributed by atoms with Crippen molar-refractivity contribution in [3.63, 3.8) is 0 Å². The maximum Gasteiger partial charge on any atom is 0.522 e. The molecule has 118 valence electrons. The molecular weight excluding hydrogens is 281 g/mol. The normalized spacial score (nSPS) is 27.8. The third kappa shape index (κ3) is 4.43. The molecule has 2 unspecified atom stereocenters. The topological polar surface area (TPSA) is 24.5 Å². The molecule has 1 N–H and O–H groups in total. The lowest BCUT2D eigenvalue weighted by Crippen LogP contribution is -2.60. The van der Waals surface area contributed by atoms with Crippen LogP contribution in [-0.2, 0) is 10.3 Å². The average molecular weight is 302 g/mol. The van der Waals surface area contributed by atoms with Crippen molar-refractivity contribution < 1.29 is 17.9 Å². The van der Waals surface area contributed by atoms with E-state index in [0.29, 0.717) is 6.54 Å². The highest BCUT2D eigenvalue weighted by atomic mass is 19.4. The zero-order valence-corrected chi connectivity index (χ0v) is 12.3. The van der Waals surface area contributed by atoms with E-state index < -0.39 is 6.36 Å². The Balaban J connectivity index is 1.99. The monoisotopic (exact) mass is 302 g/mol. The summed E-state index contributed by atoms with van der Waals surface area (Å²) < 4.78 is 40.1. The molecule has 0 amide bonds. The van der Waals surface area contributed by atoms with Gasteiger partial charge in [-0.05, 0) is 19.4 Å². The van der Waals surface area contributed by atoms with Crippen molar-refractivity contribution in [1.82, 2.24) is 10.2 Å². The molecule has 1 aromatic rings. The minimum atomic E-state index is -4.56. The van der Waals surface area contributed by atoms with Crippen molar-refractivity contribution in [1.29, 1.82) is 0 Å². The summed E-state index contributed by atoms with van der Waals surface area (Å²) in [5, 5.41) is 3.49.